The highest BCUT2D eigenvalue weighted by atomic mass is 32.2. The van der Waals surface area contributed by atoms with Crippen molar-refractivity contribution in [2.24, 2.45) is 0 Å². The molecule has 0 aliphatic carbocycles. The third-order valence-corrected chi connectivity index (χ3v) is 6.12. The van der Waals surface area contributed by atoms with Crippen LogP contribution in [0.15, 0.2) is 46.9 Å². The molecule has 0 saturated heterocycles. The Labute approximate surface area is 169 Å². The molecule has 3 rings (SSSR count). The van der Waals surface area contributed by atoms with E-state index in [-0.39, 0.29) is 17.3 Å². The maximum atomic E-state index is 12.6. The zero-order valence-electron chi connectivity index (χ0n) is 16.1. The van der Waals surface area contributed by atoms with Crippen molar-refractivity contribution in [1.82, 2.24) is 4.31 Å². The van der Waals surface area contributed by atoms with Gasteiger partial charge < -0.3 is 14.8 Å². The second kappa shape index (κ2) is 7.95. The lowest BCUT2D eigenvalue weighted by Crippen LogP contribution is -2.22. The van der Waals surface area contributed by atoms with Crippen molar-refractivity contribution in [2.45, 2.75) is 11.8 Å². The third-order valence-electron chi connectivity index (χ3n) is 4.31. The van der Waals surface area contributed by atoms with E-state index in [1.165, 1.54) is 32.3 Å². The lowest BCUT2D eigenvalue weighted by molar-refractivity contribution is -0.112. The van der Waals surface area contributed by atoms with Crippen molar-refractivity contribution in [3.8, 4) is 17.6 Å². The minimum Gasteiger partial charge on any atom is -0.454 e. The number of sulfonamides is 1. The molecule has 1 heterocycles. The van der Waals surface area contributed by atoms with Crippen LogP contribution in [-0.2, 0) is 14.8 Å². The highest BCUT2D eigenvalue weighted by molar-refractivity contribution is 7.89. The Hall–Kier alpha value is -3.35. The van der Waals surface area contributed by atoms with Gasteiger partial charge in [0, 0.05) is 19.8 Å². The standard InChI is InChI=1S/C20H19N3O5S/c1-13-4-6-16(29(25,26)23(2)3)10-17(13)22-20(24)15(11-21)8-14-5-7-18-19(9-14)28-12-27-18/h4-10H,12H2,1-3H3,(H,22,24)/b15-8-. The van der Waals surface area contributed by atoms with Gasteiger partial charge in [-0.2, -0.15) is 5.26 Å². The van der Waals surface area contributed by atoms with Crippen LogP contribution in [0.1, 0.15) is 11.1 Å². The van der Waals surface area contributed by atoms with E-state index >= 15 is 0 Å². The third kappa shape index (κ3) is 4.23. The van der Waals surface area contributed by atoms with Crippen LogP contribution in [0.5, 0.6) is 11.5 Å². The predicted octanol–water partition coefficient (Wildman–Crippen LogP) is 2.52. The number of aryl methyl sites for hydroxylation is 1. The fourth-order valence-electron chi connectivity index (χ4n) is 2.61. The van der Waals surface area contributed by atoms with Crippen molar-refractivity contribution < 1.29 is 22.7 Å². The number of rotatable bonds is 5. The van der Waals surface area contributed by atoms with Crippen LogP contribution >= 0.6 is 0 Å². The molecule has 8 nitrogen and oxygen atoms in total. The summed E-state index contributed by atoms with van der Waals surface area (Å²) in [5.74, 6) is 0.487. The lowest BCUT2D eigenvalue weighted by Gasteiger charge is -2.14. The quantitative estimate of drug-likeness (QED) is 0.596. The monoisotopic (exact) mass is 413 g/mol. The number of hydrogen-bond donors (Lipinski definition) is 1. The first-order valence-electron chi connectivity index (χ1n) is 8.58. The summed E-state index contributed by atoms with van der Waals surface area (Å²) in [7, 11) is -0.804. The number of hydrogen-bond acceptors (Lipinski definition) is 6. The van der Waals surface area contributed by atoms with E-state index in [0.29, 0.717) is 28.3 Å². The van der Waals surface area contributed by atoms with Gasteiger partial charge in [0.1, 0.15) is 11.6 Å². The van der Waals surface area contributed by atoms with Crippen LogP contribution in [0.3, 0.4) is 0 Å². The maximum Gasteiger partial charge on any atom is 0.266 e. The number of anilines is 1. The average molecular weight is 413 g/mol. The summed E-state index contributed by atoms with van der Waals surface area (Å²) in [6, 6.07) is 11.4. The number of fused-ring (bicyclic) bond motifs is 1. The molecule has 150 valence electrons. The molecule has 0 radical (unpaired) electrons. The summed E-state index contributed by atoms with van der Waals surface area (Å²) in [4.78, 5) is 12.7. The number of nitrogens with zero attached hydrogens (tertiary/aromatic N) is 2. The Bertz CT molecular complexity index is 1150. The molecule has 2 aromatic carbocycles. The normalized spacial score (nSPS) is 13.3. The second-order valence-electron chi connectivity index (χ2n) is 6.50. The highest BCUT2D eigenvalue weighted by Crippen LogP contribution is 2.33. The number of carbonyl (C=O) groups excluding carboxylic acids is 1. The summed E-state index contributed by atoms with van der Waals surface area (Å²) < 4.78 is 36.3. The molecular formula is C20H19N3O5S. The first-order valence-corrected chi connectivity index (χ1v) is 10.0. The Balaban J connectivity index is 1.88. The summed E-state index contributed by atoms with van der Waals surface area (Å²) in [6.45, 7) is 1.86. The van der Waals surface area contributed by atoms with E-state index in [1.807, 2.05) is 6.07 Å². The Morgan fingerprint density at radius 2 is 1.90 bits per heavy atom. The minimum atomic E-state index is -3.66. The van der Waals surface area contributed by atoms with E-state index in [4.69, 9.17) is 9.47 Å². The molecule has 0 saturated carbocycles. The van der Waals surface area contributed by atoms with E-state index in [9.17, 15) is 18.5 Å². The van der Waals surface area contributed by atoms with E-state index in [0.717, 1.165) is 4.31 Å². The zero-order valence-corrected chi connectivity index (χ0v) is 16.9. The first kappa shape index (κ1) is 20.4. The van der Waals surface area contributed by atoms with Crippen molar-refractivity contribution in [1.29, 1.82) is 5.26 Å². The van der Waals surface area contributed by atoms with E-state index in [1.54, 1.807) is 31.2 Å². The largest absolute Gasteiger partial charge is 0.454 e. The van der Waals surface area contributed by atoms with Crippen LogP contribution in [0, 0.1) is 18.3 Å². The van der Waals surface area contributed by atoms with Gasteiger partial charge in [0.25, 0.3) is 5.91 Å². The molecule has 1 aliphatic heterocycles. The zero-order chi connectivity index (χ0) is 21.2. The summed E-state index contributed by atoms with van der Waals surface area (Å²) in [5, 5.41) is 12.0. The average Bonchev–Trinajstić information content (AvgIpc) is 3.15. The lowest BCUT2D eigenvalue weighted by atomic mass is 10.1. The number of ether oxygens (including phenoxy) is 2. The molecule has 0 aromatic heterocycles. The number of nitriles is 1. The van der Waals surface area contributed by atoms with Crippen LogP contribution in [-0.4, -0.2) is 39.5 Å². The second-order valence-corrected chi connectivity index (χ2v) is 8.65. The van der Waals surface area contributed by atoms with Crippen LogP contribution in [0.4, 0.5) is 5.69 Å². The number of benzene rings is 2. The highest BCUT2D eigenvalue weighted by Gasteiger charge is 2.20. The fraction of sp³-hybridized carbons (Fsp3) is 0.200. The smallest absolute Gasteiger partial charge is 0.266 e. The first-order chi connectivity index (χ1) is 13.7. The van der Waals surface area contributed by atoms with E-state index in [2.05, 4.69) is 5.32 Å². The van der Waals surface area contributed by atoms with Crippen molar-refractivity contribution in [3.63, 3.8) is 0 Å². The van der Waals surface area contributed by atoms with Crippen molar-refractivity contribution in [3.05, 3.63) is 53.1 Å². The van der Waals surface area contributed by atoms with Gasteiger partial charge in [-0.3, -0.25) is 4.79 Å². The molecule has 1 N–H and O–H groups in total. The molecule has 0 unspecified atom stereocenters. The van der Waals surface area contributed by atoms with Crippen molar-refractivity contribution in [2.75, 3.05) is 26.2 Å². The fourth-order valence-corrected chi connectivity index (χ4v) is 3.54. The number of nitrogens with one attached hydrogen (secondary N) is 1. The molecule has 0 bridgehead atoms. The number of carbonyl (C=O) groups is 1. The Morgan fingerprint density at radius 3 is 2.59 bits per heavy atom. The van der Waals surface area contributed by atoms with Gasteiger partial charge in [-0.05, 0) is 48.4 Å². The van der Waals surface area contributed by atoms with Gasteiger partial charge in [-0.1, -0.05) is 12.1 Å². The van der Waals surface area contributed by atoms with Gasteiger partial charge in [-0.15, -0.1) is 0 Å². The number of amides is 1. The molecule has 2 aromatic rings. The summed E-state index contributed by atoms with van der Waals surface area (Å²) in [6.07, 6.45) is 1.42. The van der Waals surface area contributed by atoms with Crippen LogP contribution in [0.2, 0.25) is 0 Å². The van der Waals surface area contributed by atoms with Gasteiger partial charge in [-0.25, -0.2) is 12.7 Å². The van der Waals surface area contributed by atoms with Crippen LogP contribution < -0.4 is 14.8 Å². The summed E-state index contributed by atoms with van der Waals surface area (Å²) >= 11 is 0. The molecule has 0 spiro atoms. The topological polar surface area (TPSA) is 109 Å². The molecule has 1 aliphatic rings. The predicted molar refractivity (Wildman–Crippen MR) is 107 cm³/mol. The van der Waals surface area contributed by atoms with Gasteiger partial charge >= 0.3 is 0 Å². The van der Waals surface area contributed by atoms with Gasteiger partial charge in [0.05, 0.1) is 4.90 Å². The molecule has 29 heavy (non-hydrogen) atoms. The molecule has 1 amide bonds. The van der Waals surface area contributed by atoms with Gasteiger partial charge in [0.15, 0.2) is 11.5 Å². The molecule has 0 fully saturated rings. The SMILES string of the molecule is Cc1ccc(S(=O)(=O)N(C)C)cc1NC(=O)/C(C#N)=C\c1ccc2c(c1)OCO2. The maximum absolute atomic E-state index is 12.6. The van der Waals surface area contributed by atoms with E-state index < -0.39 is 15.9 Å². The van der Waals surface area contributed by atoms with Gasteiger partial charge in [0.2, 0.25) is 16.8 Å². The molecule has 9 heteroatoms. The summed E-state index contributed by atoms with van der Waals surface area (Å²) in [5.41, 5.74) is 1.44. The molecule has 0 atom stereocenters. The van der Waals surface area contributed by atoms with Crippen molar-refractivity contribution >= 4 is 27.7 Å². The minimum absolute atomic E-state index is 0.0432. The van der Waals surface area contributed by atoms with Crippen LogP contribution in [0.25, 0.3) is 6.08 Å². The Morgan fingerprint density at radius 1 is 1.17 bits per heavy atom. The molecular weight excluding hydrogens is 394 g/mol. The Kier molecular flexibility index (Phi) is 5.59.